The molecule has 1 N–H and O–H groups in total. The van der Waals surface area contributed by atoms with E-state index >= 15 is 0 Å². The van der Waals surface area contributed by atoms with E-state index < -0.39 is 16.1 Å². The number of piperidine rings is 1. The van der Waals surface area contributed by atoms with Gasteiger partial charge in [0, 0.05) is 33.4 Å². The highest BCUT2D eigenvalue weighted by molar-refractivity contribution is 7.89. The van der Waals surface area contributed by atoms with Gasteiger partial charge in [-0.05, 0) is 55.0 Å². The molecule has 1 fully saturated rings. The van der Waals surface area contributed by atoms with Gasteiger partial charge in [-0.3, -0.25) is 4.79 Å². The summed E-state index contributed by atoms with van der Waals surface area (Å²) in [7, 11) is -2.23. The first-order valence-corrected chi connectivity index (χ1v) is 13.6. The van der Waals surface area contributed by atoms with Crippen molar-refractivity contribution in [3.8, 4) is 0 Å². The van der Waals surface area contributed by atoms with E-state index in [0.717, 1.165) is 36.8 Å². The number of hydrogen-bond acceptors (Lipinski definition) is 6. The number of carbonyl (C=O) groups is 1. The first kappa shape index (κ1) is 25.3. The third-order valence-corrected chi connectivity index (χ3v) is 8.37. The van der Waals surface area contributed by atoms with Crippen LogP contribution in [-0.4, -0.2) is 59.9 Å². The number of fused-ring (bicyclic) bond motifs is 1. The Morgan fingerprint density at radius 2 is 1.91 bits per heavy atom. The summed E-state index contributed by atoms with van der Waals surface area (Å²) in [6.07, 6.45) is 3.76. The Morgan fingerprint density at radius 1 is 1.14 bits per heavy atom. The summed E-state index contributed by atoms with van der Waals surface area (Å²) in [5.74, 6) is -0.266. The number of benzene rings is 2. The monoisotopic (exact) mass is 499 g/mol. The molecule has 4 rings (SSSR count). The lowest BCUT2D eigenvalue weighted by Gasteiger charge is -2.33. The maximum absolute atomic E-state index is 13.6. The Balaban J connectivity index is 1.49. The van der Waals surface area contributed by atoms with Gasteiger partial charge >= 0.3 is 0 Å². The van der Waals surface area contributed by atoms with Crippen molar-refractivity contribution in [1.82, 2.24) is 24.6 Å². The quantitative estimate of drug-likeness (QED) is 0.430. The summed E-state index contributed by atoms with van der Waals surface area (Å²) < 4.78 is 35.3. The van der Waals surface area contributed by atoms with Crippen molar-refractivity contribution in [1.29, 1.82) is 0 Å². The zero-order chi connectivity index (χ0) is 24.8. The molecule has 0 bridgehead atoms. The normalized spacial score (nSPS) is 17.0. The zero-order valence-electron chi connectivity index (χ0n) is 20.3. The molecule has 1 saturated heterocycles. The highest BCUT2D eigenvalue weighted by Gasteiger charge is 2.37. The van der Waals surface area contributed by atoms with Crippen LogP contribution >= 0.6 is 0 Å². The zero-order valence-corrected chi connectivity index (χ0v) is 21.1. The van der Waals surface area contributed by atoms with Gasteiger partial charge in [0.25, 0.3) is 0 Å². The number of carbonyl (C=O) groups excluding carboxylic acids is 1. The number of aryl methyl sites for hydroxylation is 2. The Kier molecular flexibility index (Phi) is 8.15. The van der Waals surface area contributed by atoms with Crippen molar-refractivity contribution in [3.63, 3.8) is 0 Å². The smallest absolute Gasteiger partial charge is 0.243 e. The maximum Gasteiger partial charge on any atom is 0.243 e. The maximum atomic E-state index is 13.6. The Morgan fingerprint density at radius 3 is 2.66 bits per heavy atom. The van der Waals surface area contributed by atoms with Crippen LogP contribution in [0.1, 0.15) is 43.7 Å². The summed E-state index contributed by atoms with van der Waals surface area (Å²) in [6.45, 7) is 4.01. The van der Waals surface area contributed by atoms with Gasteiger partial charge in [-0.2, -0.15) is 4.31 Å². The molecule has 0 spiro atoms. The van der Waals surface area contributed by atoms with Crippen molar-refractivity contribution >= 4 is 27.0 Å². The minimum absolute atomic E-state index is 0.129. The Bertz CT molecular complexity index is 1260. The second kappa shape index (κ2) is 11.3. The van der Waals surface area contributed by atoms with E-state index in [0.29, 0.717) is 38.2 Å². The molecule has 0 saturated carbocycles. The van der Waals surface area contributed by atoms with Crippen molar-refractivity contribution in [2.45, 2.75) is 63.1 Å². The fourth-order valence-electron chi connectivity index (χ4n) is 4.43. The molecule has 1 aliphatic rings. The van der Waals surface area contributed by atoms with Crippen LogP contribution < -0.4 is 5.32 Å². The molecular formula is C25H33N5O4S. The predicted octanol–water partition coefficient (Wildman–Crippen LogP) is 2.89. The molecular weight excluding hydrogens is 466 g/mol. The molecule has 2 heterocycles. The van der Waals surface area contributed by atoms with Crippen LogP contribution in [0.4, 0.5) is 0 Å². The molecule has 2 aromatic carbocycles. The Hall–Kier alpha value is -2.82. The number of ether oxygens (including phenoxy) is 1. The number of rotatable bonds is 10. The molecule has 0 aliphatic carbocycles. The van der Waals surface area contributed by atoms with E-state index in [9.17, 15) is 13.2 Å². The standard InChI is InChI=1S/C25H33N5O4S/c1-3-19-8-10-20(11-9-19)18-26-25(31)24-7-4-5-15-30(24)35(32,33)21-12-13-23-22(17-21)27-28-29(23)14-6-16-34-2/h8-13,17,24H,3-7,14-16,18H2,1-2H3,(H,26,31). The lowest BCUT2D eigenvalue weighted by atomic mass is 10.0. The summed E-state index contributed by atoms with van der Waals surface area (Å²) in [5.41, 5.74) is 3.50. The molecule has 10 heteroatoms. The van der Waals surface area contributed by atoms with E-state index in [1.165, 1.54) is 9.87 Å². The molecule has 188 valence electrons. The molecule has 1 aromatic heterocycles. The third-order valence-electron chi connectivity index (χ3n) is 6.46. The van der Waals surface area contributed by atoms with Crippen molar-refractivity contribution in [2.24, 2.45) is 0 Å². The number of sulfonamides is 1. The summed E-state index contributed by atoms with van der Waals surface area (Å²) in [6, 6.07) is 12.2. The van der Waals surface area contributed by atoms with E-state index in [1.54, 1.807) is 30.0 Å². The lowest BCUT2D eigenvalue weighted by Crippen LogP contribution is -2.51. The predicted molar refractivity (Wildman–Crippen MR) is 133 cm³/mol. The minimum atomic E-state index is -3.88. The van der Waals surface area contributed by atoms with Gasteiger partial charge in [-0.25, -0.2) is 13.1 Å². The van der Waals surface area contributed by atoms with E-state index in [-0.39, 0.29) is 10.8 Å². The fourth-order valence-corrected chi connectivity index (χ4v) is 6.10. The van der Waals surface area contributed by atoms with Crippen LogP contribution in [0, 0.1) is 0 Å². The summed E-state index contributed by atoms with van der Waals surface area (Å²) in [5, 5.41) is 11.2. The van der Waals surface area contributed by atoms with Crippen LogP contribution in [-0.2, 0) is 39.1 Å². The first-order valence-electron chi connectivity index (χ1n) is 12.1. The van der Waals surface area contributed by atoms with Gasteiger partial charge < -0.3 is 10.1 Å². The SMILES string of the molecule is CCc1ccc(CNC(=O)C2CCCCN2S(=O)(=O)c2ccc3c(c2)nnn3CCCOC)cc1. The van der Waals surface area contributed by atoms with Gasteiger partial charge in [-0.15, -0.1) is 5.10 Å². The molecule has 1 atom stereocenters. The highest BCUT2D eigenvalue weighted by atomic mass is 32.2. The highest BCUT2D eigenvalue weighted by Crippen LogP contribution is 2.27. The first-order chi connectivity index (χ1) is 16.9. The molecule has 9 nitrogen and oxygen atoms in total. The molecule has 1 unspecified atom stereocenters. The van der Waals surface area contributed by atoms with Crippen LogP contribution in [0.3, 0.4) is 0 Å². The average Bonchev–Trinajstić information content (AvgIpc) is 3.30. The van der Waals surface area contributed by atoms with Crippen LogP contribution in [0.25, 0.3) is 11.0 Å². The second-order valence-corrected chi connectivity index (χ2v) is 10.7. The van der Waals surface area contributed by atoms with Crippen LogP contribution in [0.15, 0.2) is 47.4 Å². The largest absolute Gasteiger partial charge is 0.385 e. The van der Waals surface area contributed by atoms with Crippen LogP contribution in [0.2, 0.25) is 0 Å². The third kappa shape index (κ3) is 5.71. The van der Waals surface area contributed by atoms with Crippen molar-refractivity contribution < 1.29 is 17.9 Å². The van der Waals surface area contributed by atoms with E-state index in [2.05, 4.69) is 22.6 Å². The molecule has 3 aromatic rings. The fraction of sp³-hybridized carbons (Fsp3) is 0.480. The number of hydrogen-bond donors (Lipinski definition) is 1. The van der Waals surface area contributed by atoms with Gasteiger partial charge in [0.1, 0.15) is 11.6 Å². The van der Waals surface area contributed by atoms with Gasteiger partial charge in [0.05, 0.1) is 10.4 Å². The number of amides is 1. The van der Waals surface area contributed by atoms with Gasteiger partial charge in [0.15, 0.2) is 0 Å². The molecule has 1 amide bonds. The molecule has 0 radical (unpaired) electrons. The second-order valence-electron chi connectivity index (χ2n) is 8.82. The minimum Gasteiger partial charge on any atom is -0.385 e. The molecule has 35 heavy (non-hydrogen) atoms. The summed E-state index contributed by atoms with van der Waals surface area (Å²) in [4.78, 5) is 13.2. The van der Waals surface area contributed by atoms with Gasteiger partial charge in [0.2, 0.25) is 15.9 Å². The molecule has 1 aliphatic heterocycles. The van der Waals surface area contributed by atoms with E-state index in [4.69, 9.17) is 4.74 Å². The number of nitrogens with one attached hydrogen (secondary N) is 1. The lowest BCUT2D eigenvalue weighted by molar-refractivity contribution is -0.125. The van der Waals surface area contributed by atoms with Crippen LogP contribution in [0.5, 0.6) is 0 Å². The Labute approximate surface area is 206 Å². The summed E-state index contributed by atoms with van der Waals surface area (Å²) >= 11 is 0. The van der Waals surface area contributed by atoms with Crippen molar-refractivity contribution in [2.75, 3.05) is 20.3 Å². The average molecular weight is 500 g/mol. The number of nitrogens with zero attached hydrogens (tertiary/aromatic N) is 4. The topological polar surface area (TPSA) is 106 Å². The van der Waals surface area contributed by atoms with Crippen molar-refractivity contribution in [3.05, 3.63) is 53.6 Å². The number of aromatic nitrogens is 3. The number of methoxy groups -OCH3 is 1. The van der Waals surface area contributed by atoms with Gasteiger partial charge in [-0.1, -0.05) is 42.8 Å². The van der Waals surface area contributed by atoms with E-state index in [1.807, 2.05) is 24.3 Å².